The van der Waals surface area contributed by atoms with Gasteiger partial charge in [-0.25, -0.2) is 14.8 Å². The van der Waals surface area contributed by atoms with Crippen LogP contribution in [0.4, 0.5) is 0 Å². The lowest BCUT2D eigenvalue weighted by Gasteiger charge is -2.06. The van der Waals surface area contributed by atoms with Gasteiger partial charge in [0.25, 0.3) is 0 Å². The van der Waals surface area contributed by atoms with Gasteiger partial charge in [0.2, 0.25) is 0 Å². The van der Waals surface area contributed by atoms with Crippen molar-refractivity contribution in [3.05, 3.63) is 45.0 Å². The Kier molecular flexibility index (Phi) is 3.97. The molecule has 6 heteroatoms. The third-order valence-electron chi connectivity index (χ3n) is 3.32. The number of aryl methyl sites for hydroxylation is 2. The summed E-state index contributed by atoms with van der Waals surface area (Å²) in [5, 5.41) is 1.97. The van der Waals surface area contributed by atoms with Gasteiger partial charge in [0.1, 0.15) is 0 Å². The summed E-state index contributed by atoms with van der Waals surface area (Å²) in [4.78, 5) is 22.0. The highest BCUT2D eigenvalue weighted by molar-refractivity contribution is 9.10. The Morgan fingerprint density at radius 1 is 1.23 bits per heavy atom. The average molecular weight is 377 g/mol. The first kappa shape index (κ1) is 15.1. The summed E-state index contributed by atoms with van der Waals surface area (Å²) >= 11 is 5.02. The minimum absolute atomic E-state index is 0.384. The predicted octanol–water partition coefficient (Wildman–Crippen LogP) is 4.52. The molecule has 0 aliphatic heterocycles. The lowest BCUT2D eigenvalue weighted by Crippen LogP contribution is -2.02. The molecule has 3 aromatic rings. The van der Waals surface area contributed by atoms with Crippen molar-refractivity contribution in [1.82, 2.24) is 9.97 Å². The van der Waals surface area contributed by atoms with Gasteiger partial charge < -0.3 is 4.74 Å². The van der Waals surface area contributed by atoms with E-state index in [1.165, 1.54) is 7.11 Å². The van der Waals surface area contributed by atoms with Crippen molar-refractivity contribution < 1.29 is 9.53 Å². The van der Waals surface area contributed by atoms with E-state index in [-0.39, 0.29) is 5.97 Å². The standard InChI is InChI=1S/C16H13BrN2O2S/c1-8-15(22-9(2)18-8)13-5-4-10-6-12(17)11(16(20)21-3)7-14(10)19-13/h4-7H,1-3H3. The number of methoxy groups -OCH3 is 1. The third kappa shape index (κ3) is 2.64. The Morgan fingerprint density at radius 2 is 2.00 bits per heavy atom. The molecular formula is C16H13BrN2O2S. The van der Waals surface area contributed by atoms with E-state index in [4.69, 9.17) is 4.74 Å². The minimum Gasteiger partial charge on any atom is -0.465 e. The zero-order valence-corrected chi connectivity index (χ0v) is 14.7. The molecule has 0 spiro atoms. The molecule has 0 fully saturated rings. The number of halogens is 1. The van der Waals surface area contributed by atoms with Crippen LogP contribution in [-0.4, -0.2) is 23.0 Å². The number of hydrogen-bond acceptors (Lipinski definition) is 5. The van der Waals surface area contributed by atoms with Crippen molar-refractivity contribution in [2.45, 2.75) is 13.8 Å². The van der Waals surface area contributed by atoms with Gasteiger partial charge in [-0.05, 0) is 48.0 Å². The molecule has 0 saturated heterocycles. The first-order valence-corrected chi connectivity index (χ1v) is 8.23. The monoisotopic (exact) mass is 376 g/mol. The summed E-state index contributed by atoms with van der Waals surface area (Å²) in [6.45, 7) is 3.96. The van der Waals surface area contributed by atoms with Crippen molar-refractivity contribution in [2.75, 3.05) is 7.11 Å². The summed E-state index contributed by atoms with van der Waals surface area (Å²) in [6, 6.07) is 7.60. The lowest BCUT2D eigenvalue weighted by molar-refractivity contribution is 0.0600. The molecule has 112 valence electrons. The van der Waals surface area contributed by atoms with Crippen LogP contribution in [0.3, 0.4) is 0 Å². The minimum atomic E-state index is -0.384. The molecule has 4 nitrogen and oxygen atoms in total. The van der Waals surface area contributed by atoms with Crippen LogP contribution in [0, 0.1) is 13.8 Å². The maximum absolute atomic E-state index is 11.8. The molecule has 2 aromatic heterocycles. The largest absolute Gasteiger partial charge is 0.465 e. The molecule has 0 aliphatic carbocycles. The van der Waals surface area contributed by atoms with E-state index in [1.807, 2.05) is 32.0 Å². The highest BCUT2D eigenvalue weighted by Crippen LogP contribution is 2.31. The Bertz CT molecular complexity index is 889. The summed E-state index contributed by atoms with van der Waals surface area (Å²) in [5.74, 6) is -0.384. The van der Waals surface area contributed by atoms with Gasteiger partial charge in [-0.3, -0.25) is 0 Å². The average Bonchev–Trinajstić information content (AvgIpc) is 2.84. The number of nitrogens with zero attached hydrogens (tertiary/aromatic N) is 2. The van der Waals surface area contributed by atoms with Crippen LogP contribution in [0.25, 0.3) is 21.5 Å². The number of carbonyl (C=O) groups is 1. The number of rotatable bonds is 2. The fraction of sp³-hybridized carbons (Fsp3) is 0.188. The lowest BCUT2D eigenvalue weighted by atomic mass is 10.1. The number of hydrogen-bond donors (Lipinski definition) is 0. The van der Waals surface area contributed by atoms with Gasteiger partial charge in [-0.15, -0.1) is 11.3 Å². The van der Waals surface area contributed by atoms with Crippen LogP contribution < -0.4 is 0 Å². The molecule has 0 saturated carbocycles. The summed E-state index contributed by atoms with van der Waals surface area (Å²) < 4.78 is 5.50. The van der Waals surface area contributed by atoms with E-state index in [0.717, 1.165) is 32.2 Å². The van der Waals surface area contributed by atoms with Crippen LogP contribution in [0.15, 0.2) is 28.7 Å². The van der Waals surface area contributed by atoms with E-state index >= 15 is 0 Å². The second-order valence-electron chi connectivity index (χ2n) is 4.86. The number of pyridine rings is 1. The predicted molar refractivity (Wildman–Crippen MR) is 91.4 cm³/mol. The Balaban J connectivity index is 2.18. The summed E-state index contributed by atoms with van der Waals surface area (Å²) in [7, 11) is 1.37. The number of carbonyl (C=O) groups excluding carboxylic acids is 1. The molecule has 0 aliphatic rings. The molecule has 3 rings (SSSR count). The second kappa shape index (κ2) is 5.78. The number of ether oxygens (including phenoxy) is 1. The Morgan fingerprint density at radius 3 is 2.64 bits per heavy atom. The molecular weight excluding hydrogens is 364 g/mol. The highest BCUT2D eigenvalue weighted by Gasteiger charge is 2.14. The number of thiazole rings is 1. The topological polar surface area (TPSA) is 52.1 Å². The number of esters is 1. The fourth-order valence-corrected chi connectivity index (χ4v) is 3.72. The normalized spacial score (nSPS) is 10.9. The number of benzene rings is 1. The third-order valence-corrected chi connectivity index (χ3v) is 5.07. The Hall–Kier alpha value is -1.79. The fourth-order valence-electron chi connectivity index (χ4n) is 2.31. The molecule has 0 unspecified atom stereocenters. The van der Waals surface area contributed by atoms with Crippen LogP contribution in [-0.2, 0) is 4.74 Å². The van der Waals surface area contributed by atoms with Crippen LogP contribution in [0.1, 0.15) is 21.1 Å². The molecule has 1 aromatic carbocycles. The van der Waals surface area contributed by atoms with Gasteiger partial charge in [-0.1, -0.05) is 6.07 Å². The smallest absolute Gasteiger partial charge is 0.339 e. The van der Waals surface area contributed by atoms with Crippen LogP contribution >= 0.6 is 27.3 Å². The molecule has 0 N–H and O–H groups in total. The summed E-state index contributed by atoms with van der Waals surface area (Å²) in [5.41, 5.74) is 3.07. The zero-order valence-electron chi connectivity index (χ0n) is 12.3. The number of fused-ring (bicyclic) bond motifs is 1. The van der Waals surface area contributed by atoms with Crippen molar-refractivity contribution in [3.8, 4) is 10.6 Å². The van der Waals surface area contributed by atoms with Crippen LogP contribution in [0.5, 0.6) is 0 Å². The van der Waals surface area contributed by atoms with Crippen molar-refractivity contribution >= 4 is 44.1 Å². The van der Waals surface area contributed by atoms with Gasteiger partial charge in [0.05, 0.1) is 39.5 Å². The van der Waals surface area contributed by atoms with Gasteiger partial charge in [-0.2, -0.15) is 0 Å². The SMILES string of the molecule is COC(=O)c1cc2nc(-c3sc(C)nc3C)ccc2cc1Br. The quantitative estimate of drug-likeness (QED) is 0.616. The molecule has 0 bridgehead atoms. The second-order valence-corrected chi connectivity index (χ2v) is 6.92. The molecule has 0 amide bonds. The van der Waals surface area contributed by atoms with Crippen molar-refractivity contribution in [1.29, 1.82) is 0 Å². The zero-order chi connectivity index (χ0) is 15.9. The summed E-state index contributed by atoms with van der Waals surface area (Å²) in [6.07, 6.45) is 0. The van der Waals surface area contributed by atoms with E-state index in [0.29, 0.717) is 10.0 Å². The highest BCUT2D eigenvalue weighted by atomic mass is 79.9. The van der Waals surface area contributed by atoms with Gasteiger partial charge in [0.15, 0.2) is 0 Å². The van der Waals surface area contributed by atoms with Gasteiger partial charge in [0, 0.05) is 9.86 Å². The van der Waals surface area contributed by atoms with E-state index in [1.54, 1.807) is 17.4 Å². The maximum Gasteiger partial charge on any atom is 0.339 e. The van der Waals surface area contributed by atoms with E-state index in [2.05, 4.69) is 25.9 Å². The maximum atomic E-state index is 11.8. The Labute approximate surface area is 140 Å². The molecule has 2 heterocycles. The first-order chi connectivity index (χ1) is 10.5. The molecule has 22 heavy (non-hydrogen) atoms. The molecule has 0 radical (unpaired) electrons. The van der Waals surface area contributed by atoms with E-state index < -0.39 is 0 Å². The van der Waals surface area contributed by atoms with Crippen molar-refractivity contribution in [3.63, 3.8) is 0 Å². The number of aromatic nitrogens is 2. The van der Waals surface area contributed by atoms with Gasteiger partial charge >= 0.3 is 5.97 Å². The molecule has 0 atom stereocenters. The van der Waals surface area contributed by atoms with E-state index in [9.17, 15) is 4.79 Å². The van der Waals surface area contributed by atoms with Crippen molar-refractivity contribution in [2.24, 2.45) is 0 Å². The first-order valence-electron chi connectivity index (χ1n) is 6.62. The van der Waals surface area contributed by atoms with Crippen LogP contribution in [0.2, 0.25) is 0 Å².